The molecule has 0 aromatic carbocycles. The minimum Gasteiger partial charge on any atom is -0.479 e. The highest BCUT2D eigenvalue weighted by Crippen LogP contribution is 2.41. The molecule has 0 atom stereocenters. The third-order valence-electron chi connectivity index (χ3n) is 2.90. The number of aromatic nitrogens is 1. The first kappa shape index (κ1) is 18.5. The lowest BCUT2D eigenvalue weighted by atomic mass is 10.2. The molecule has 1 amide bonds. The summed E-state index contributed by atoms with van der Waals surface area (Å²) in [5.41, 5.74) is 0.118. The molecule has 0 radical (unpaired) electrons. The number of nitrogens with one attached hydrogen (secondary N) is 1. The number of pyridine rings is 1. The highest BCUT2D eigenvalue weighted by molar-refractivity contribution is 7.21. The molecule has 0 aliphatic rings. The van der Waals surface area contributed by atoms with Gasteiger partial charge in [0.15, 0.2) is 12.4 Å². The van der Waals surface area contributed by atoms with Crippen LogP contribution in [0.5, 0.6) is 5.75 Å². The van der Waals surface area contributed by atoms with E-state index in [1.807, 2.05) is 13.0 Å². The first-order valence-corrected chi connectivity index (χ1v) is 8.48. The maximum absolute atomic E-state index is 12.1. The number of hydrogen-bond acceptors (Lipinski definition) is 6. The smallest absolute Gasteiger partial charge is 0.344 e. The molecule has 8 heteroatoms. The van der Waals surface area contributed by atoms with Crippen LogP contribution in [0.15, 0.2) is 6.07 Å². The Kier molecular flexibility index (Phi) is 5.35. The Bertz CT molecular complexity index is 795. The topological polar surface area (TPSA) is 77.5 Å². The summed E-state index contributed by atoms with van der Waals surface area (Å²) in [5.74, 6) is -0.595. The molecule has 2 rings (SSSR count). The van der Waals surface area contributed by atoms with E-state index >= 15 is 0 Å². The van der Waals surface area contributed by atoms with Crippen molar-refractivity contribution in [1.29, 1.82) is 0 Å². The Hall–Kier alpha value is -1.86. The molecule has 0 aliphatic heterocycles. The predicted molar refractivity (Wildman–Crippen MR) is 94.1 cm³/mol. The number of hydrogen-bond donors (Lipinski definition) is 1. The quantitative estimate of drug-likeness (QED) is 0.659. The van der Waals surface area contributed by atoms with E-state index in [1.165, 1.54) is 18.4 Å². The van der Waals surface area contributed by atoms with E-state index in [0.717, 1.165) is 10.4 Å². The molecule has 6 nitrogen and oxygen atoms in total. The van der Waals surface area contributed by atoms with Gasteiger partial charge in [-0.3, -0.25) is 4.79 Å². The Morgan fingerprint density at radius 1 is 1.38 bits per heavy atom. The lowest BCUT2D eigenvalue weighted by Crippen LogP contribution is -2.27. The molecule has 130 valence electrons. The second kappa shape index (κ2) is 6.94. The number of rotatable bonds is 4. The lowest BCUT2D eigenvalue weighted by Gasteiger charge is -2.19. The fourth-order valence-corrected chi connectivity index (χ4v) is 3.63. The molecule has 0 saturated carbocycles. The van der Waals surface area contributed by atoms with Crippen molar-refractivity contribution < 1.29 is 19.1 Å². The zero-order valence-electron chi connectivity index (χ0n) is 14.2. The maximum atomic E-state index is 12.1. The standard InChI is InChI=1S/C16H19ClN2O4S/c1-8-6-9-11(14(17)19-8)12(13(24-9)15(21)18-5)22-7-10(20)23-16(2,3)4/h6H,7H2,1-5H3,(H,18,21). The van der Waals surface area contributed by atoms with Gasteiger partial charge in [-0.15, -0.1) is 11.3 Å². The number of thiophene rings is 1. The Balaban J connectivity index is 2.39. The number of carbonyl (C=O) groups is 2. The van der Waals surface area contributed by atoms with Gasteiger partial charge in [0.2, 0.25) is 0 Å². The zero-order chi connectivity index (χ0) is 18.1. The van der Waals surface area contributed by atoms with Gasteiger partial charge in [-0.2, -0.15) is 0 Å². The summed E-state index contributed by atoms with van der Waals surface area (Å²) in [7, 11) is 1.52. The summed E-state index contributed by atoms with van der Waals surface area (Å²) in [6.07, 6.45) is 0. The summed E-state index contributed by atoms with van der Waals surface area (Å²) < 4.78 is 11.6. The summed E-state index contributed by atoms with van der Waals surface area (Å²) in [4.78, 5) is 28.5. The van der Waals surface area contributed by atoms with Gasteiger partial charge in [0.25, 0.3) is 5.91 Å². The second-order valence-electron chi connectivity index (χ2n) is 6.14. The molecule has 0 bridgehead atoms. The van der Waals surface area contributed by atoms with Crippen molar-refractivity contribution in [3.8, 4) is 5.75 Å². The minimum absolute atomic E-state index is 0.232. The Morgan fingerprint density at radius 2 is 2.04 bits per heavy atom. The number of carbonyl (C=O) groups excluding carboxylic acids is 2. The molecule has 1 N–H and O–H groups in total. The van der Waals surface area contributed by atoms with E-state index in [0.29, 0.717) is 10.3 Å². The van der Waals surface area contributed by atoms with E-state index in [9.17, 15) is 9.59 Å². The van der Waals surface area contributed by atoms with Crippen LogP contribution in [-0.2, 0) is 9.53 Å². The highest BCUT2D eigenvalue weighted by Gasteiger charge is 2.24. The van der Waals surface area contributed by atoms with Crippen LogP contribution in [0.1, 0.15) is 36.1 Å². The van der Waals surface area contributed by atoms with Gasteiger partial charge >= 0.3 is 5.97 Å². The summed E-state index contributed by atoms with van der Waals surface area (Å²) >= 11 is 7.45. The predicted octanol–water partition coefficient (Wildman–Crippen LogP) is 3.34. The van der Waals surface area contributed by atoms with E-state index in [1.54, 1.807) is 20.8 Å². The number of fused-ring (bicyclic) bond motifs is 1. The van der Waals surface area contributed by atoms with Crippen LogP contribution in [-0.4, -0.2) is 36.1 Å². The van der Waals surface area contributed by atoms with Crippen molar-refractivity contribution in [3.05, 3.63) is 21.8 Å². The lowest BCUT2D eigenvalue weighted by molar-refractivity contribution is -0.157. The average Bonchev–Trinajstić information content (AvgIpc) is 2.81. The third-order valence-corrected chi connectivity index (χ3v) is 4.29. The van der Waals surface area contributed by atoms with Crippen LogP contribution in [0.4, 0.5) is 0 Å². The molecule has 0 fully saturated rings. The summed E-state index contributed by atoms with van der Waals surface area (Å²) in [6, 6.07) is 1.82. The van der Waals surface area contributed by atoms with E-state index in [4.69, 9.17) is 21.1 Å². The molecule has 2 aromatic heterocycles. The fourth-order valence-electron chi connectivity index (χ4n) is 2.07. The van der Waals surface area contributed by atoms with Crippen molar-refractivity contribution in [2.45, 2.75) is 33.3 Å². The number of esters is 1. The van der Waals surface area contributed by atoms with Crippen molar-refractivity contribution in [3.63, 3.8) is 0 Å². The second-order valence-corrected chi connectivity index (χ2v) is 7.55. The zero-order valence-corrected chi connectivity index (χ0v) is 15.7. The van der Waals surface area contributed by atoms with E-state index in [2.05, 4.69) is 10.3 Å². The van der Waals surface area contributed by atoms with Crippen LogP contribution < -0.4 is 10.1 Å². The number of nitrogens with zero attached hydrogens (tertiary/aromatic N) is 1. The number of amides is 1. The van der Waals surface area contributed by atoms with Gasteiger partial charge in [0.1, 0.15) is 15.6 Å². The fraction of sp³-hybridized carbons (Fsp3) is 0.438. The van der Waals surface area contributed by atoms with E-state index in [-0.39, 0.29) is 23.4 Å². The molecule has 0 aliphatic carbocycles. The molecule has 0 spiro atoms. The van der Waals surface area contributed by atoms with Gasteiger partial charge < -0.3 is 14.8 Å². The van der Waals surface area contributed by atoms with Gasteiger partial charge in [0, 0.05) is 17.4 Å². The van der Waals surface area contributed by atoms with Gasteiger partial charge in [-0.25, -0.2) is 9.78 Å². The molecule has 2 heterocycles. The maximum Gasteiger partial charge on any atom is 0.344 e. The number of halogens is 1. The van der Waals surface area contributed by atoms with Crippen molar-refractivity contribution in [2.75, 3.05) is 13.7 Å². The van der Waals surface area contributed by atoms with Crippen LogP contribution in [0.2, 0.25) is 5.15 Å². The van der Waals surface area contributed by atoms with Gasteiger partial charge in [-0.05, 0) is 33.8 Å². The molecule has 0 unspecified atom stereocenters. The molecular formula is C16H19ClN2O4S. The van der Waals surface area contributed by atoms with Crippen molar-refractivity contribution >= 4 is 44.9 Å². The van der Waals surface area contributed by atoms with Crippen molar-refractivity contribution in [1.82, 2.24) is 10.3 Å². The minimum atomic E-state index is -0.614. The first-order valence-electron chi connectivity index (χ1n) is 7.28. The van der Waals surface area contributed by atoms with Gasteiger partial charge in [0.05, 0.1) is 5.39 Å². The number of ether oxygens (including phenoxy) is 2. The van der Waals surface area contributed by atoms with Crippen LogP contribution in [0.25, 0.3) is 10.1 Å². The third kappa shape index (κ3) is 4.15. The van der Waals surface area contributed by atoms with Crippen LogP contribution in [0.3, 0.4) is 0 Å². The van der Waals surface area contributed by atoms with Crippen LogP contribution in [0, 0.1) is 6.92 Å². The summed E-state index contributed by atoms with van der Waals surface area (Å²) in [6.45, 7) is 6.79. The first-order chi connectivity index (χ1) is 11.1. The molecule has 0 saturated heterocycles. The van der Waals surface area contributed by atoms with E-state index < -0.39 is 11.6 Å². The Labute approximate surface area is 149 Å². The largest absolute Gasteiger partial charge is 0.479 e. The summed E-state index contributed by atoms with van der Waals surface area (Å²) in [5, 5.41) is 3.31. The monoisotopic (exact) mass is 370 g/mol. The SMILES string of the molecule is CNC(=O)c1sc2cc(C)nc(Cl)c2c1OCC(=O)OC(C)(C)C. The number of aryl methyl sites for hydroxylation is 1. The average molecular weight is 371 g/mol. The molecule has 2 aromatic rings. The van der Waals surface area contributed by atoms with Crippen LogP contribution >= 0.6 is 22.9 Å². The highest BCUT2D eigenvalue weighted by atomic mass is 35.5. The molecular weight excluding hydrogens is 352 g/mol. The Morgan fingerprint density at radius 3 is 2.62 bits per heavy atom. The normalized spacial score (nSPS) is 11.4. The van der Waals surface area contributed by atoms with Gasteiger partial charge in [-0.1, -0.05) is 11.6 Å². The molecule has 24 heavy (non-hydrogen) atoms. The van der Waals surface area contributed by atoms with Crippen molar-refractivity contribution in [2.24, 2.45) is 0 Å².